The van der Waals surface area contributed by atoms with Crippen molar-refractivity contribution in [3.63, 3.8) is 0 Å². The molecule has 3 N–H and O–H groups in total. The quantitative estimate of drug-likeness (QED) is 0.885. The molecule has 0 radical (unpaired) electrons. The lowest BCUT2D eigenvalue weighted by atomic mass is 9.88. The Hall–Kier alpha value is -1.05. The first-order valence-electron chi connectivity index (χ1n) is 5.75. The van der Waals surface area contributed by atoms with Gasteiger partial charge in [-0.25, -0.2) is 21.9 Å². The van der Waals surface area contributed by atoms with Crippen LogP contribution in [0.15, 0.2) is 23.1 Å². The van der Waals surface area contributed by atoms with Crippen molar-refractivity contribution >= 4 is 10.0 Å². The van der Waals surface area contributed by atoms with Crippen LogP contribution >= 0.6 is 0 Å². The number of nitrogens with one attached hydrogen (secondary N) is 1. The summed E-state index contributed by atoms with van der Waals surface area (Å²) in [4.78, 5) is -0.325. The zero-order valence-corrected chi connectivity index (χ0v) is 11.9. The molecule has 0 amide bonds. The maximum absolute atomic E-state index is 13.1. The molecule has 0 aliphatic heterocycles. The molecule has 0 bridgehead atoms. The van der Waals surface area contributed by atoms with Gasteiger partial charge in [-0.15, -0.1) is 0 Å². The second-order valence-corrected chi connectivity index (χ2v) is 7.07. The zero-order valence-electron chi connectivity index (χ0n) is 11.1. The van der Waals surface area contributed by atoms with Crippen LogP contribution in [0.2, 0.25) is 0 Å². The number of benzene rings is 1. The van der Waals surface area contributed by atoms with Gasteiger partial charge in [0.15, 0.2) is 11.6 Å². The van der Waals surface area contributed by atoms with Crippen LogP contribution in [0.3, 0.4) is 0 Å². The summed E-state index contributed by atoms with van der Waals surface area (Å²) in [6, 6.07) is 1.93. The molecule has 0 fully saturated rings. The summed E-state index contributed by atoms with van der Waals surface area (Å²) in [5, 5.41) is 0. The van der Waals surface area contributed by atoms with Gasteiger partial charge >= 0.3 is 0 Å². The lowest BCUT2D eigenvalue weighted by Crippen LogP contribution is -2.48. The van der Waals surface area contributed by atoms with Crippen LogP contribution in [0.5, 0.6) is 0 Å². The van der Waals surface area contributed by atoms with Crippen molar-refractivity contribution in [2.24, 2.45) is 11.1 Å². The Balaban J connectivity index is 3.07. The molecule has 0 heterocycles. The second-order valence-electron chi connectivity index (χ2n) is 5.35. The molecule has 7 heteroatoms. The summed E-state index contributed by atoms with van der Waals surface area (Å²) >= 11 is 0. The molecule has 1 rings (SSSR count). The van der Waals surface area contributed by atoms with Gasteiger partial charge in [0, 0.05) is 12.6 Å². The highest BCUT2D eigenvalue weighted by molar-refractivity contribution is 7.89. The Labute approximate surface area is 112 Å². The molecule has 0 saturated carbocycles. The van der Waals surface area contributed by atoms with E-state index >= 15 is 0 Å². The average molecular weight is 292 g/mol. The maximum Gasteiger partial charge on any atom is 0.240 e. The topological polar surface area (TPSA) is 72.2 Å². The van der Waals surface area contributed by atoms with E-state index in [2.05, 4.69) is 4.72 Å². The largest absolute Gasteiger partial charge is 0.329 e. The zero-order chi connectivity index (χ0) is 14.8. The van der Waals surface area contributed by atoms with E-state index in [4.69, 9.17) is 5.73 Å². The molecule has 4 nitrogen and oxygen atoms in total. The number of hydrogen-bond acceptors (Lipinski definition) is 3. The number of sulfonamides is 1. The fraction of sp³-hybridized carbons (Fsp3) is 0.500. The first-order chi connectivity index (χ1) is 8.58. The van der Waals surface area contributed by atoms with E-state index in [9.17, 15) is 17.2 Å². The van der Waals surface area contributed by atoms with Crippen molar-refractivity contribution in [1.29, 1.82) is 0 Å². The minimum absolute atomic E-state index is 0.104. The molecule has 0 spiro atoms. The Bertz CT molecular complexity index is 553. The molecule has 0 aliphatic carbocycles. The molecule has 1 unspecified atom stereocenters. The Morgan fingerprint density at radius 3 is 2.26 bits per heavy atom. The average Bonchev–Trinajstić information content (AvgIpc) is 2.28. The van der Waals surface area contributed by atoms with Crippen molar-refractivity contribution in [2.45, 2.75) is 31.7 Å². The smallest absolute Gasteiger partial charge is 0.240 e. The highest BCUT2D eigenvalue weighted by Crippen LogP contribution is 2.21. The molecular formula is C12H18F2N2O2S. The minimum Gasteiger partial charge on any atom is -0.329 e. The van der Waals surface area contributed by atoms with Gasteiger partial charge in [-0.3, -0.25) is 0 Å². The summed E-state index contributed by atoms with van der Waals surface area (Å²) in [5.41, 5.74) is 5.15. The molecule has 1 atom stereocenters. The van der Waals surface area contributed by atoms with Gasteiger partial charge in [0.2, 0.25) is 10.0 Å². The summed E-state index contributed by atoms with van der Waals surface area (Å²) < 4.78 is 52.4. The van der Waals surface area contributed by atoms with Gasteiger partial charge in [0.25, 0.3) is 0 Å². The summed E-state index contributed by atoms with van der Waals surface area (Å²) in [6.45, 7) is 5.60. The summed E-state index contributed by atoms with van der Waals surface area (Å²) in [6.07, 6.45) is 0. The first-order valence-corrected chi connectivity index (χ1v) is 7.23. The van der Waals surface area contributed by atoms with Crippen LogP contribution in [0.25, 0.3) is 0 Å². The van der Waals surface area contributed by atoms with Crippen LogP contribution in [-0.4, -0.2) is 21.0 Å². The van der Waals surface area contributed by atoms with Crippen LogP contribution < -0.4 is 10.5 Å². The van der Waals surface area contributed by atoms with Crippen molar-refractivity contribution in [2.75, 3.05) is 6.54 Å². The normalized spacial score (nSPS) is 14.4. The summed E-state index contributed by atoms with van der Waals surface area (Å²) in [7, 11) is -3.93. The van der Waals surface area contributed by atoms with E-state index < -0.39 is 27.7 Å². The maximum atomic E-state index is 13.1. The van der Waals surface area contributed by atoms with Crippen molar-refractivity contribution < 1.29 is 17.2 Å². The van der Waals surface area contributed by atoms with Crippen molar-refractivity contribution in [3.05, 3.63) is 29.8 Å². The fourth-order valence-electron chi connectivity index (χ4n) is 1.48. The number of halogens is 2. The molecule has 108 valence electrons. The summed E-state index contributed by atoms with van der Waals surface area (Å²) in [5.74, 6) is -2.30. The number of rotatable bonds is 4. The van der Waals surface area contributed by atoms with Crippen molar-refractivity contribution in [3.8, 4) is 0 Å². The second kappa shape index (κ2) is 5.52. The molecule has 1 aromatic carbocycles. The Morgan fingerprint density at radius 2 is 1.84 bits per heavy atom. The van der Waals surface area contributed by atoms with Crippen LogP contribution in [0, 0.1) is 17.0 Å². The predicted octanol–water partition coefficient (Wildman–Crippen LogP) is 1.62. The van der Waals surface area contributed by atoms with Crippen LogP contribution in [-0.2, 0) is 10.0 Å². The highest BCUT2D eigenvalue weighted by atomic mass is 32.2. The third-order valence-electron chi connectivity index (χ3n) is 2.78. The van der Waals surface area contributed by atoms with Gasteiger partial charge in [-0.05, 0) is 23.6 Å². The van der Waals surface area contributed by atoms with Gasteiger partial charge in [-0.2, -0.15) is 0 Å². The van der Waals surface area contributed by atoms with Crippen LogP contribution in [0.1, 0.15) is 20.8 Å². The third-order valence-corrected chi connectivity index (χ3v) is 4.25. The highest BCUT2D eigenvalue weighted by Gasteiger charge is 2.28. The lowest BCUT2D eigenvalue weighted by Gasteiger charge is -2.30. The molecule has 0 aliphatic rings. The van der Waals surface area contributed by atoms with E-state index in [1.54, 1.807) is 0 Å². The Morgan fingerprint density at radius 1 is 1.26 bits per heavy atom. The standard InChI is InChI=1S/C12H18F2N2O2S/c1-12(2,3)11(7-15)16-19(17,18)8-4-5-9(13)10(14)6-8/h4-6,11,16H,7,15H2,1-3H3. The molecule has 0 saturated heterocycles. The van der Waals surface area contributed by atoms with E-state index in [1.807, 2.05) is 20.8 Å². The first kappa shape index (κ1) is 16.0. The van der Waals surface area contributed by atoms with Gasteiger partial charge in [-0.1, -0.05) is 20.8 Å². The van der Waals surface area contributed by atoms with E-state index in [1.165, 1.54) is 0 Å². The molecule has 1 aromatic rings. The Kier molecular flexibility index (Phi) is 4.65. The van der Waals surface area contributed by atoms with Gasteiger partial charge < -0.3 is 5.73 Å². The lowest BCUT2D eigenvalue weighted by molar-refractivity contribution is 0.304. The monoisotopic (exact) mass is 292 g/mol. The van der Waals surface area contributed by atoms with Gasteiger partial charge in [0.1, 0.15) is 0 Å². The van der Waals surface area contributed by atoms with E-state index in [-0.39, 0.29) is 16.9 Å². The van der Waals surface area contributed by atoms with Crippen molar-refractivity contribution in [1.82, 2.24) is 4.72 Å². The number of nitrogens with two attached hydrogens (primary N) is 1. The fourth-order valence-corrected chi connectivity index (χ4v) is 2.94. The minimum atomic E-state index is -3.93. The predicted molar refractivity (Wildman–Crippen MR) is 69.0 cm³/mol. The van der Waals surface area contributed by atoms with E-state index in [0.717, 1.165) is 12.1 Å². The van der Waals surface area contributed by atoms with Gasteiger partial charge in [0.05, 0.1) is 4.90 Å². The third kappa shape index (κ3) is 3.95. The number of hydrogen-bond donors (Lipinski definition) is 2. The molecule has 0 aromatic heterocycles. The van der Waals surface area contributed by atoms with E-state index in [0.29, 0.717) is 6.07 Å². The molecular weight excluding hydrogens is 274 g/mol. The van der Waals surface area contributed by atoms with Crippen LogP contribution in [0.4, 0.5) is 8.78 Å². The molecule has 19 heavy (non-hydrogen) atoms. The SMILES string of the molecule is CC(C)(C)C(CN)NS(=O)(=O)c1ccc(F)c(F)c1.